The molecule has 4 nitrogen and oxygen atoms in total. The molecule has 3 aliphatic rings. The van der Waals surface area contributed by atoms with Gasteiger partial charge < -0.3 is 9.47 Å². The van der Waals surface area contributed by atoms with Crippen LogP contribution in [0.2, 0.25) is 0 Å². The summed E-state index contributed by atoms with van der Waals surface area (Å²) in [5.41, 5.74) is 1.46. The van der Waals surface area contributed by atoms with Crippen molar-refractivity contribution in [3.8, 4) is 11.5 Å². The van der Waals surface area contributed by atoms with Crippen molar-refractivity contribution in [2.75, 3.05) is 0 Å². The van der Waals surface area contributed by atoms with Gasteiger partial charge in [-0.2, -0.15) is 0 Å². The van der Waals surface area contributed by atoms with E-state index in [2.05, 4.69) is 0 Å². The first-order valence-corrected chi connectivity index (χ1v) is 16.9. The Morgan fingerprint density at radius 3 is 1.46 bits per heavy atom. The van der Waals surface area contributed by atoms with Gasteiger partial charge in [0.15, 0.2) is 34.9 Å². The monoisotopic (exact) mass is 674 g/mol. The van der Waals surface area contributed by atoms with Crippen LogP contribution in [0.1, 0.15) is 112 Å². The Hall–Kier alpha value is -3.82. The number of hydrogen-bond donors (Lipinski definition) is 0. The summed E-state index contributed by atoms with van der Waals surface area (Å²) in [5, 5.41) is 0. The molecule has 3 fully saturated rings. The Morgan fingerprint density at radius 1 is 0.521 bits per heavy atom. The maximum Gasteiger partial charge on any atom is 0.343 e. The average Bonchev–Trinajstić information content (AvgIpc) is 3.10. The smallest absolute Gasteiger partial charge is 0.343 e. The molecule has 0 aromatic heterocycles. The quantitative estimate of drug-likeness (QED) is 0.113. The molecule has 48 heavy (non-hydrogen) atoms. The Kier molecular flexibility index (Phi) is 12.2. The minimum atomic E-state index is -1.59. The van der Waals surface area contributed by atoms with Crippen LogP contribution >= 0.6 is 0 Å². The first-order chi connectivity index (χ1) is 23.1. The van der Waals surface area contributed by atoms with E-state index in [0.29, 0.717) is 36.1 Å². The molecular weight excluding hydrogens is 634 g/mol. The number of carbonyl (C=O) groups excluding carboxylic acids is 2. The highest BCUT2D eigenvalue weighted by molar-refractivity contribution is 5.91. The van der Waals surface area contributed by atoms with Crippen molar-refractivity contribution in [1.82, 2.24) is 0 Å². The Labute approximate surface area is 276 Å². The molecule has 3 saturated carbocycles. The summed E-state index contributed by atoms with van der Waals surface area (Å²) in [6.45, 7) is 0. The summed E-state index contributed by atoms with van der Waals surface area (Å²) in [6.07, 6.45) is 16.1. The fourth-order valence-corrected chi connectivity index (χ4v) is 7.31. The molecule has 258 valence electrons. The van der Waals surface area contributed by atoms with E-state index in [4.69, 9.17) is 9.47 Å². The number of hydrogen-bond acceptors (Lipinski definition) is 4. The molecule has 0 aliphatic heterocycles. The number of rotatable bonds is 6. The van der Waals surface area contributed by atoms with E-state index in [1.54, 1.807) is 12.1 Å². The number of carbonyl (C=O) groups is 2. The molecule has 0 heterocycles. The molecule has 3 aromatic rings. The lowest BCUT2D eigenvalue weighted by atomic mass is 9.71. The first-order valence-electron chi connectivity index (χ1n) is 16.9. The maximum absolute atomic E-state index is 13.2. The van der Waals surface area contributed by atoms with E-state index in [0.717, 1.165) is 44.4 Å². The third kappa shape index (κ3) is 9.20. The third-order valence-electron chi connectivity index (χ3n) is 9.99. The van der Waals surface area contributed by atoms with Crippen molar-refractivity contribution in [2.45, 2.75) is 95.8 Å². The van der Waals surface area contributed by atoms with Crippen LogP contribution in [0.3, 0.4) is 0 Å². The van der Waals surface area contributed by atoms with Crippen molar-refractivity contribution in [3.05, 3.63) is 94.6 Å². The lowest BCUT2D eigenvalue weighted by molar-refractivity contribution is -0.140. The van der Waals surface area contributed by atoms with E-state index >= 15 is 0 Å². The third-order valence-corrected chi connectivity index (χ3v) is 9.99. The van der Waals surface area contributed by atoms with Crippen molar-refractivity contribution < 1.29 is 45.4 Å². The van der Waals surface area contributed by atoms with E-state index < -0.39 is 46.8 Å². The summed E-state index contributed by atoms with van der Waals surface area (Å²) in [7, 11) is 0. The van der Waals surface area contributed by atoms with E-state index in [1.165, 1.54) is 56.9 Å². The summed E-state index contributed by atoms with van der Waals surface area (Å²) in [5.74, 6) is -8.73. The van der Waals surface area contributed by atoms with Crippen LogP contribution in [0.5, 0.6) is 11.5 Å². The fraction of sp³-hybridized carbons (Fsp3) is 0.474. The van der Waals surface area contributed by atoms with Crippen LogP contribution in [-0.2, 0) is 4.79 Å². The van der Waals surface area contributed by atoms with Crippen LogP contribution in [0.25, 0.3) is 0 Å². The molecule has 3 aliphatic carbocycles. The molecule has 0 radical (unpaired) electrons. The summed E-state index contributed by atoms with van der Waals surface area (Å²) in [4.78, 5) is 24.2. The molecule has 3 aromatic carbocycles. The largest absolute Gasteiger partial charge is 0.426 e. The second-order valence-electron chi connectivity index (χ2n) is 13.2. The first kappa shape index (κ1) is 35.5. The molecule has 0 amide bonds. The van der Waals surface area contributed by atoms with Crippen molar-refractivity contribution in [3.63, 3.8) is 0 Å². The van der Waals surface area contributed by atoms with Gasteiger partial charge in [-0.05, 0) is 74.0 Å². The van der Waals surface area contributed by atoms with Gasteiger partial charge in [-0.25, -0.2) is 31.1 Å². The predicted octanol–water partition coefficient (Wildman–Crippen LogP) is 10.8. The van der Waals surface area contributed by atoms with Crippen molar-refractivity contribution in [2.24, 2.45) is 17.8 Å². The van der Waals surface area contributed by atoms with Crippen LogP contribution in [0, 0.1) is 52.7 Å². The standard InChI is InChI=1S/C19H23F3O2.C19H17F3O2/c2*20-16-10-15(11-17(21)18(16)22)24-19(23)14-8-6-13(7-9-14)12-4-2-1-3-5-12/h10-14H,1-9H2;6-12H,1-5H2. The van der Waals surface area contributed by atoms with Gasteiger partial charge in [-0.3, -0.25) is 4.79 Å². The highest BCUT2D eigenvalue weighted by Crippen LogP contribution is 2.40. The Bertz CT molecular complexity index is 1510. The number of benzene rings is 3. The molecule has 0 atom stereocenters. The van der Waals surface area contributed by atoms with Crippen LogP contribution in [0.4, 0.5) is 26.3 Å². The normalized spacial score (nSPS) is 20.4. The maximum atomic E-state index is 13.2. The summed E-state index contributed by atoms with van der Waals surface area (Å²) in [6, 6.07) is 9.77. The van der Waals surface area contributed by atoms with Gasteiger partial charge in [0.25, 0.3) is 0 Å². The minimum absolute atomic E-state index is 0.235. The van der Waals surface area contributed by atoms with Gasteiger partial charge in [0.2, 0.25) is 0 Å². The van der Waals surface area contributed by atoms with Gasteiger partial charge in [-0.1, -0.05) is 63.5 Å². The topological polar surface area (TPSA) is 52.6 Å². The van der Waals surface area contributed by atoms with Crippen molar-refractivity contribution >= 4 is 11.9 Å². The Morgan fingerprint density at radius 2 is 0.958 bits per heavy atom. The predicted molar refractivity (Wildman–Crippen MR) is 168 cm³/mol. The van der Waals surface area contributed by atoms with Crippen molar-refractivity contribution in [1.29, 1.82) is 0 Å². The second kappa shape index (κ2) is 16.5. The number of ether oxygens (including phenoxy) is 2. The number of halogens is 6. The summed E-state index contributed by atoms with van der Waals surface area (Å²) < 4.78 is 88.5. The van der Waals surface area contributed by atoms with Gasteiger partial charge in [0.05, 0.1) is 11.5 Å². The SMILES string of the molecule is O=C(Oc1cc(F)c(F)c(F)c1)C1CCC(C2CCCCC2)CC1.O=C(Oc1cc(F)c(F)c(F)c1)c1ccc(C2CCCCC2)cc1. The van der Waals surface area contributed by atoms with Gasteiger partial charge in [0.1, 0.15) is 11.5 Å². The lowest BCUT2D eigenvalue weighted by Crippen LogP contribution is -2.29. The lowest BCUT2D eigenvalue weighted by Gasteiger charge is -2.35. The molecule has 0 N–H and O–H groups in total. The zero-order chi connectivity index (χ0) is 34.2. The second-order valence-corrected chi connectivity index (χ2v) is 13.2. The highest BCUT2D eigenvalue weighted by atomic mass is 19.2. The van der Waals surface area contributed by atoms with E-state index in [-0.39, 0.29) is 23.0 Å². The van der Waals surface area contributed by atoms with Crippen LogP contribution in [0.15, 0.2) is 48.5 Å². The molecule has 0 bridgehead atoms. The highest BCUT2D eigenvalue weighted by Gasteiger charge is 2.32. The minimum Gasteiger partial charge on any atom is -0.426 e. The van der Waals surface area contributed by atoms with Gasteiger partial charge in [0, 0.05) is 24.3 Å². The molecule has 0 saturated heterocycles. The zero-order valence-corrected chi connectivity index (χ0v) is 26.7. The fourth-order valence-electron chi connectivity index (χ4n) is 7.31. The van der Waals surface area contributed by atoms with Gasteiger partial charge in [-0.15, -0.1) is 0 Å². The number of esters is 2. The van der Waals surface area contributed by atoms with E-state index in [9.17, 15) is 35.9 Å². The molecule has 10 heteroatoms. The average molecular weight is 675 g/mol. The zero-order valence-electron chi connectivity index (χ0n) is 26.7. The van der Waals surface area contributed by atoms with Crippen LogP contribution < -0.4 is 9.47 Å². The summed E-state index contributed by atoms with van der Waals surface area (Å²) >= 11 is 0. The molecule has 0 unspecified atom stereocenters. The van der Waals surface area contributed by atoms with E-state index in [1.807, 2.05) is 12.1 Å². The molecular formula is C38H40F6O4. The Balaban J connectivity index is 0.000000188. The van der Waals surface area contributed by atoms with Crippen LogP contribution in [-0.4, -0.2) is 11.9 Å². The molecule has 0 spiro atoms. The molecule has 6 rings (SSSR count). The van der Waals surface area contributed by atoms with Gasteiger partial charge >= 0.3 is 11.9 Å².